The second-order valence-corrected chi connectivity index (χ2v) is 6.77. The normalized spacial score (nSPS) is 19.5. The Morgan fingerprint density at radius 2 is 1.96 bits per heavy atom. The van der Waals surface area contributed by atoms with Crippen molar-refractivity contribution in [2.45, 2.75) is 45.2 Å². The van der Waals surface area contributed by atoms with Gasteiger partial charge in [0.15, 0.2) is 5.76 Å². The highest BCUT2D eigenvalue weighted by Gasteiger charge is 2.25. The van der Waals surface area contributed by atoms with E-state index in [2.05, 4.69) is 59.4 Å². The topological polar surface area (TPSA) is 32.5 Å². The smallest absolute Gasteiger partial charge is 0.154 e. The van der Waals surface area contributed by atoms with Crippen LogP contribution in [0.1, 0.15) is 48.7 Å². The lowest BCUT2D eigenvalue weighted by Crippen LogP contribution is -2.28. The zero-order valence-corrected chi connectivity index (χ0v) is 14.5. The minimum absolute atomic E-state index is 0.354. The van der Waals surface area contributed by atoms with E-state index in [1.165, 1.54) is 30.5 Å². The molecule has 23 heavy (non-hydrogen) atoms. The molecule has 1 saturated heterocycles. The van der Waals surface area contributed by atoms with Gasteiger partial charge in [-0.3, -0.25) is 4.90 Å². The van der Waals surface area contributed by atoms with Crippen LogP contribution in [0, 0.1) is 6.92 Å². The quantitative estimate of drug-likeness (QED) is 0.848. The third kappa shape index (κ3) is 3.94. The Bertz CT molecular complexity index is 618. The predicted molar refractivity (Wildman–Crippen MR) is 93.6 cm³/mol. The Morgan fingerprint density at radius 3 is 2.61 bits per heavy atom. The lowest BCUT2D eigenvalue weighted by atomic mass is 10.1. The Hall–Kier alpha value is -1.81. The fourth-order valence-electron chi connectivity index (χ4n) is 3.35. The summed E-state index contributed by atoms with van der Waals surface area (Å²) in [7, 11) is 4.15. The molecule has 0 unspecified atom stereocenters. The number of aromatic nitrogens is 1. The standard InChI is InChI=1S/C19H27N3O/c1-15-13-19(23-20-15)18-7-5-4-6-12-22(18)14-16-8-10-17(11-9-16)21(2)3/h8-11,13,18H,4-7,12,14H2,1-3H3/t18-/m0/s1. The first-order chi connectivity index (χ1) is 11.1. The summed E-state index contributed by atoms with van der Waals surface area (Å²) in [6, 6.07) is 11.3. The highest BCUT2D eigenvalue weighted by molar-refractivity contribution is 5.46. The fourth-order valence-corrected chi connectivity index (χ4v) is 3.35. The Labute approximate surface area is 139 Å². The van der Waals surface area contributed by atoms with E-state index in [1.54, 1.807) is 0 Å². The molecule has 0 spiro atoms. The summed E-state index contributed by atoms with van der Waals surface area (Å²) >= 11 is 0. The molecule has 0 saturated carbocycles. The van der Waals surface area contributed by atoms with Gasteiger partial charge in [-0.05, 0) is 44.0 Å². The molecule has 1 atom stereocenters. The number of aryl methyl sites for hydroxylation is 1. The lowest BCUT2D eigenvalue weighted by Gasteiger charge is -2.28. The molecular weight excluding hydrogens is 286 g/mol. The van der Waals surface area contributed by atoms with E-state index in [1.807, 2.05) is 6.92 Å². The zero-order valence-electron chi connectivity index (χ0n) is 14.5. The van der Waals surface area contributed by atoms with Crippen molar-refractivity contribution >= 4 is 5.69 Å². The van der Waals surface area contributed by atoms with Crippen LogP contribution in [0.4, 0.5) is 5.69 Å². The van der Waals surface area contributed by atoms with Crippen LogP contribution in [0.2, 0.25) is 0 Å². The van der Waals surface area contributed by atoms with Gasteiger partial charge < -0.3 is 9.42 Å². The third-order valence-electron chi connectivity index (χ3n) is 4.68. The molecule has 0 N–H and O–H groups in total. The first kappa shape index (κ1) is 16.1. The van der Waals surface area contributed by atoms with Gasteiger partial charge in [-0.15, -0.1) is 0 Å². The van der Waals surface area contributed by atoms with Gasteiger partial charge in [0.2, 0.25) is 0 Å². The number of rotatable bonds is 4. The maximum Gasteiger partial charge on any atom is 0.154 e. The zero-order chi connectivity index (χ0) is 16.2. The van der Waals surface area contributed by atoms with Crippen molar-refractivity contribution in [1.82, 2.24) is 10.1 Å². The van der Waals surface area contributed by atoms with E-state index in [4.69, 9.17) is 4.52 Å². The van der Waals surface area contributed by atoms with E-state index in [0.717, 1.165) is 31.0 Å². The van der Waals surface area contributed by atoms with Crippen molar-refractivity contribution in [3.05, 3.63) is 47.3 Å². The van der Waals surface area contributed by atoms with Crippen LogP contribution in [-0.4, -0.2) is 30.7 Å². The molecule has 1 aliphatic rings. The molecule has 0 amide bonds. The van der Waals surface area contributed by atoms with E-state index in [-0.39, 0.29) is 0 Å². The van der Waals surface area contributed by atoms with Crippen molar-refractivity contribution in [1.29, 1.82) is 0 Å². The maximum absolute atomic E-state index is 5.58. The summed E-state index contributed by atoms with van der Waals surface area (Å²) in [6.07, 6.45) is 4.99. The first-order valence-electron chi connectivity index (χ1n) is 8.57. The Balaban J connectivity index is 1.77. The van der Waals surface area contributed by atoms with Crippen molar-refractivity contribution < 1.29 is 4.52 Å². The van der Waals surface area contributed by atoms with E-state index in [9.17, 15) is 0 Å². The highest BCUT2D eigenvalue weighted by atomic mass is 16.5. The molecule has 0 bridgehead atoms. The molecule has 3 rings (SSSR count). The van der Waals surface area contributed by atoms with Crippen LogP contribution in [0.5, 0.6) is 0 Å². The average Bonchev–Trinajstić information content (AvgIpc) is 2.83. The molecule has 0 radical (unpaired) electrons. The Kier molecular flexibility index (Phi) is 5.01. The Morgan fingerprint density at radius 1 is 1.17 bits per heavy atom. The molecule has 1 aromatic carbocycles. The van der Waals surface area contributed by atoms with Crippen molar-refractivity contribution in [2.24, 2.45) is 0 Å². The van der Waals surface area contributed by atoms with E-state index >= 15 is 0 Å². The van der Waals surface area contributed by atoms with Crippen molar-refractivity contribution in [3.63, 3.8) is 0 Å². The van der Waals surface area contributed by atoms with Crippen molar-refractivity contribution in [2.75, 3.05) is 25.5 Å². The average molecular weight is 313 g/mol. The van der Waals surface area contributed by atoms with Crippen molar-refractivity contribution in [3.8, 4) is 0 Å². The van der Waals surface area contributed by atoms with Gasteiger partial charge >= 0.3 is 0 Å². The number of benzene rings is 1. The van der Waals surface area contributed by atoms with E-state index in [0.29, 0.717) is 6.04 Å². The monoisotopic (exact) mass is 313 g/mol. The summed E-state index contributed by atoms with van der Waals surface area (Å²) in [6.45, 7) is 4.09. The number of hydrogen-bond acceptors (Lipinski definition) is 4. The summed E-state index contributed by atoms with van der Waals surface area (Å²) in [4.78, 5) is 4.69. The van der Waals surface area contributed by atoms with Gasteiger partial charge in [0.25, 0.3) is 0 Å². The first-order valence-corrected chi connectivity index (χ1v) is 8.57. The van der Waals surface area contributed by atoms with Crippen LogP contribution >= 0.6 is 0 Å². The molecule has 4 nitrogen and oxygen atoms in total. The molecular formula is C19H27N3O. The summed E-state index contributed by atoms with van der Waals surface area (Å²) in [5, 5.41) is 4.09. The minimum Gasteiger partial charge on any atom is -0.378 e. The lowest BCUT2D eigenvalue weighted by molar-refractivity contribution is 0.160. The van der Waals surface area contributed by atoms with Gasteiger partial charge in [-0.25, -0.2) is 0 Å². The molecule has 1 aromatic heterocycles. The molecule has 4 heteroatoms. The number of nitrogens with zero attached hydrogens (tertiary/aromatic N) is 3. The van der Waals surface area contributed by atoms with Gasteiger partial charge in [-0.1, -0.05) is 30.1 Å². The van der Waals surface area contributed by atoms with Crippen LogP contribution in [0.15, 0.2) is 34.9 Å². The number of hydrogen-bond donors (Lipinski definition) is 0. The van der Waals surface area contributed by atoms with E-state index < -0.39 is 0 Å². The number of likely N-dealkylation sites (tertiary alicyclic amines) is 1. The second-order valence-electron chi connectivity index (χ2n) is 6.77. The second kappa shape index (κ2) is 7.18. The molecule has 2 aromatic rings. The molecule has 2 heterocycles. The minimum atomic E-state index is 0.354. The van der Waals surface area contributed by atoms with Crippen LogP contribution in [0.25, 0.3) is 0 Å². The largest absolute Gasteiger partial charge is 0.378 e. The molecule has 1 fully saturated rings. The van der Waals surface area contributed by atoms with Crippen LogP contribution in [-0.2, 0) is 6.54 Å². The summed E-state index contributed by atoms with van der Waals surface area (Å²) in [5.74, 6) is 1.02. The van der Waals surface area contributed by atoms with Crippen LogP contribution in [0.3, 0.4) is 0 Å². The van der Waals surface area contributed by atoms with Gasteiger partial charge in [-0.2, -0.15) is 0 Å². The van der Waals surface area contributed by atoms with Gasteiger partial charge in [0.05, 0.1) is 11.7 Å². The summed E-state index contributed by atoms with van der Waals surface area (Å²) < 4.78 is 5.58. The summed E-state index contributed by atoms with van der Waals surface area (Å²) in [5.41, 5.74) is 3.57. The molecule has 1 aliphatic heterocycles. The third-order valence-corrected chi connectivity index (χ3v) is 4.68. The predicted octanol–water partition coefficient (Wildman–Crippen LogP) is 4.17. The molecule has 124 valence electrons. The molecule has 0 aliphatic carbocycles. The SMILES string of the molecule is Cc1cc([C@@H]2CCCCCN2Cc2ccc(N(C)C)cc2)on1. The van der Waals surface area contributed by atoms with Gasteiger partial charge in [0.1, 0.15) is 0 Å². The van der Waals surface area contributed by atoms with Gasteiger partial charge in [0, 0.05) is 32.4 Å². The fraction of sp³-hybridized carbons (Fsp3) is 0.526. The van der Waals surface area contributed by atoms with Crippen LogP contribution < -0.4 is 4.90 Å². The highest BCUT2D eigenvalue weighted by Crippen LogP contribution is 2.32. The maximum atomic E-state index is 5.58. The number of anilines is 1.